The van der Waals surface area contributed by atoms with Crippen molar-refractivity contribution in [2.45, 2.75) is 13.3 Å². The third-order valence-electron chi connectivity index (χ3n) is 2.51. The van der Waals surface area contributed by atoms with Gasteiger partial charge in [-0.3, -0.25) is 0 Å². The molecule has 3 N–H and O–H groups in total. The van der Waals surface area contributed by atoms with Crippen LogP contribution in [0.5, 0.6) is 5.75 Å². The molecule has 0 amide bonds. The van der Waals surface area contributed by atoms with E-state index in [0.29, 0.717) is 18.2 Å². The number of benzene rings is 1. The maximum atomic E-state index is 8.96. The first kappa shape index (κ1) is 13.3. The highest BCUT2D eigenvalue weighted by atomic mass is 35.5. The van der Waals surface area contributed by atoms with Gasteiger partial charge in [-0.25, -0.2) is 0 Å². The maximum Gasteiger partial charge on any atom is 0.122 e. The zero-order valence-corrected chi connectivity index (χ0v) is 10.2. The van der Waals surface area contributed by atoms with Crippen LogP contribution in [-0.2, 0) is 0 Å². The molecule has 0 aromatic heterocycles. The summed E-state index contributed by atoms with van der Waals surface area (Å²) in [6.07, 6.45) is 0.759. The number of aliphatic hydroxyl groups excluding tert-OH is 1. The van der Waals surface area contributed by atoms with Crippen LogP contribution in [0.4, 0.5) is 0 Å². The lowest BCUT2D eigenvalue weighted by Crippen LogP contribution is -2.20. The number of nitrogens with two attached hydrogens (primary N) is 1. The predicted molar refractivity (Wildman–Crippen MR) is 65.9 cm³/mol. The van der Waals surface area contributed by atoms with Gasteiger partial charge in [0.1, 0.15) is 5.75 Å². The highest BCUT2D eigenvalue weighted by Crippen LogP contribution is 2.22. The van der Waals surface area contributed by atoms with E-state index in [1.165, 1.54) is 0 Å². The summed E-state index contributed by atoms with van der Waals surface area (Å²) in [6.45, 7) is 3.11. The first-order valence-corrected chi connectivity index (χ1v) is 5.75. The van der Waals surface area contributed by atoms with Crippen LogP contribution in [0.1, 0.15) is 12.0 Å². The van der Waals surface area contributed by atoms with Gasteiger partial charge in [0, 0.05) is 11.6 Å². The van der Waals surface area contributed by atoms with Crippen LogP contribution in [0, 0.1) is 12.8 Å². The Bertz CT molecular complexity index is 327. The SMILES string of the molecule is Cc1cc(Cl)ccc1OCCC(CN)CO. The van der Waals surface area contributed by atoms with Crippen molar-refractivity contribution in [2.75, 3.05) is 19.8 Å². The Morgan fingerprint density at radius 3 is 2.81 bits per heavy atom. The van der Waals surface area contributed by atoms with Crippen molar-refractivity contribution in [2.24, 2.45) is 11.7 Å². The largest absolute Gasteiger partial charge is 0.493 e. The second-order valence-electron chi connectivity index (χ2n) is 3.83. The molecule has 3 nitrogen and oxygen atoms in total. The quantitative estimate of drug-likeness (QED) is 0.804. The molecule has 90 valence electrons. The molecular formula is C12H18ClNO2. The van der Waals surface area contributed by atoms with Gasteiger partial charge in [-0.05, 0) is 49.6 Å². The summed E-state index contributed by atoms with van der Waals surface area (Å²) >= 11 is 5.84. The lowest BCUT2D eigenvalue weighted by molar-refractivity contribution is 0.195. The predicted octanol–water partition coefficient (Wildman–Crippen LogP) is 1.98. The fourth-order valence-corrected chi connectivity index (χ4v) is 1.62. The molecule has 1 unspecified atom stereocenters. The molecule has 0 saturated carbocycles. The Balaban J connectivity index is 2.42. The topological polar surface area (TPSA) is 55.5 Å². The molecule has 0 radical (unpaired) electrons. The molecule has 1 aromatic rings. The number of rotatable bonds is 6. The second kappa shape index (κ2) is 6.74. The number of aliphatic hydroxyl groups is 1. The average Bonchev–Trinajstić information content (AvgIpc) is 2.27. The molecule has 1 rings (SSSR count). The van der Waals surface area contributed by atoms with Crippen LogP contribution >= 0.6 is 11.6 Å². The number of ether oxygens (including phenoxy) is 1. The summed E-state index contributed by atoms with van der Waals surface area (Å²) in [5.74, 6) is 0.950. The maximum absolute atomic E-state index is 8.96. The Kier molecular flexibility index (Phi) is 5.60. The van der Waals surface area contributed by atoms with Crippen molar-refractivity contribution in [3.05, 3.63) is 28.8 Å². The van der Waals surface area contributed by atoms with Gasteiger partial charge in [-0.2, -0.15) is 0 Å². The average molecular weight is 244 g/mol. The van der Waals surface area contributed by atoms with Crippen molar-refractivity contribution in [3.8, 4) is 5.75 Å². The molecule has 0 saturated heterocycles. The number of aryl methyl sites for hydroxylation is 1. The van der Waals surface area contributed by atoms with Gasteiger partial charge in [0.15, 0.2) is 0 Å². The van der Waals surface area contributed by atoms with Gasteiger partial charge >= 0.3 is 0 Å². The third-order valence-corrected chi connectivity index (χ3v) is 2.75. The third kappa shape index (κ3) is 4.00. The van der Waals surface area contributed by atoms with Crippen LogP contribution in [0.25, 0.3) is 0 Å². The molecule has 0 heterocycles. The van der Waals surface area contributed by atoms with E-state index in [-0.39, 0.29) is 12.5 Å². The van der Waals surface area contributed by atoms with E-state index in [1.54, 1.807) is 6.07 Å². The molecule has 0 aliphatic heterocycles. The van der Waals surface area contributed by atoms with Crippen molar-refractivity contribution in [1.82, 2.24) is 0 Å². The lowest BCUT2D eigenvalue weighted by Gasteiger charge is -2.13. The Morgan fingerprint density at radius 1 is 1.50 bits per heavy atom. The first-order valence-electron chi connectivity index (χ1n) is 5.37. The van der Waals surface area contributed by atoms with Crippen molar-refractivity contribution < 1.29 is 9.84 Å². The van der Waals surface area contributed by atoms with Gasteiger partial charge in [0.05, 0.1) is 6.61 Å². The van der Waals surface area contributed by atoms with E-state index in [4.69, 9.17) is 27.2 Å². The highest BCUT2D eigenvalue weighted by Gasteiger charge is 2.06. The van der Waals surface area contributed by atoms with Gasteiger partial charge in [0.25, 0.3) is 0 Å². The fraction of sp³-hybridized carbons (Fsp3) is 0.500. The first-order chi connectivity index (χ1) is 7.67. The molecule has 0 spiro atoms. The number of hydrogen-bond donors (Lipinski definition) is 2. The molecular weight excluding hydrogens is 226 g/mol. The van der Waals surface area contributed by atoms with Crippen molar-refractivity contribution in [3.63, 3.8) is 0 Å². The van der Waals surface area contributed by atoms with Crippen molar-refractivity contribution >= 4 is 11.6 Å². The standard InChI is InChI=1S/C12H18ClNO2/c1-9-6-11(13)2-3-12(9)16-5-4-10(7-14)8-15/h2-3,6,10,15H,4-5,7-8,14H2,1H3. The van der Waals surface area contributed by atoms with E-state index in [0.717, 1.165) is 17.7 Å². The summed E-state index contributed by atoms with van der Waals surface area (Å²) in [7, 11) is 0. The Labute approximate surface area is 101 Å². The minimum absolute atomic E-state index is 0.111. The molecule has 0 fully saturated rings. The van der Waals surface area contributed by atoms with Crippen LogP contribution in [0.15, 0.2) is 18.2 Å². The zero-order chi connectivity index (χ0) is 12.0. The Morgan fingerprint density at radius 2 is 2.25 bits per heavy atom. The molecule has 1 atom stereocenters. The van der Waals surface area contributed by atoms with Gasteiger partial charge in [0.2, 0.25) is 0 Å². The minimum atomic E-state index is 0.111. The lowest BCUT2D eigenvalue weighted by atomic mass is 10.1. The molecule has 1 aromatic carbocycles. The van der Waals surface area contributed by atoms with Crippen LogP contribution < -0.4 is 10.5 Å². The van der Waals surface area contributed by atoms with Crippen LogP contribution in [0.2, 0.25) is 5.02 Å². The van der Waals surface area contributed by atoms with E-state index < -0.39 is 0 Å². The molecule has 0 bridgehead atoms. The normalized spacial score (nSPS) is 12.5. The summed E-state index contributed by atoms with van der Waals surface area (Å²) in [4.78, 5) is 0. The van der Waals surface area contributed by atoms with Gasteiger partial charge in [-0.1, -0.05) is 11.6 Å². The van der Waals surface area contributed by atoms with E-state index in [2.05, 4.69) is 0 Å². The smallest absolute Gasteiger partial charge is 0.122 e. The fourth-order valence-electron chi connectivity index (χ4n) is 1.39. The summed E-state index contributed by atoms with van der Waals surface area (Å²) in [5.41, 5.74) is 6.49. The van der Waals surface area contributed by atoms with E-state index >= 15 is 0 Å². The molecule has 0 aliphatic rings. The van der Waals surface area contributed by atoms with Crippen LogP contribution in [-0.4, -0.2) is 24.9 Å². The van der Waals surface area contributed by atoms with Crippen LogP contribution in [0.3, 0.4) is 0 Å². The molecule has 16 heavy (non-hydrogen) atoms. The van der Waals surface area contributed by atoms with E-state index in [1.807, 2.05) is 19.1 Å². The van der Waals surface area contributed by atoms with Crippen molar-refractivity contribution in [1.29, 1.82) is 0 Å². The minimum Gasteiger partial charge on any atom is -0.493 e. The summed E-state index contributed by atoms with van der Waals surface area (Å²) < 4.78 is 5.60. The second-order valence-corrected chi connectivity index (χ2v) is 4.27. The molecule has 0 aliphatic carbocycles. The molecule has 4 heteroatoms. The summed E-state index contributed by atoms with van der Waals surface area (Å²) in [5, 5.41) is 9.67. The van der Waals surface area contributed by atoms with E-state index in [9.17, 15) is 0 Å². The monoisotopic (exact) mass is 243 g/mol. The highest BCUT2D eigenvalue weighted by molar-refractivity contribution is 6.30. The number of hydrogen-bond acceptors (Lipinski definition) is 3. The zero-order valence-electron chi connectivity index (χ0n) is 9.45. The number of halogens is 1. The Hall–Kier alpha value is -0.770. The van der Waals surface area contributed by atoms with Gasteiger partial charge < -0.3 is 15.6 Å². The van der Waals surface area contributed by atoms with Gasteiger partial charge in [-0.15, -0.1) is 0 Å². The summed E-state index contributed by atoms with van der Waals surface area (Å²) in [6, 6.07) is 5.52.